The number of benzene rings is 2. The molecule has 27 heavy (non-hydrogen) atoms. The maximum atomic E-state index is 12.3. The third-order valence-corrected chi connectivity index (χ3v) is 5.45. The van der Waals surface area contributed by atoms with Gasteiger partial charge in [-0.05, 0) is 36.0 Å². The summed E-state index contributed by atoms with van der Waals surface area (Å²) in [6, 6.07) is 17.4. The number of sulfonamides is 1. The molecule has 0 fully saturated rings. The van der Waals surface area contributed by atoms with Crippen LogP contribution in [-0.2, 0) is 21.2 Å². The van der Waals surface area contributed by atoms with Crippen LogP contribution in [-0.4, -0.2) is 33.7 Å². The first kappa shape index (κ1) is 21.0. The number of anilines is 1. The van der Waals surface area contributed by atoms with Crippen LogP contribution in [0.3, 0.4) is 0 Å². The largest absolute Gasteiger partial charge is 0.355 e. The van der Waals surface area contributed by atoms with Gasteiger partial charge in [-0.25, -0.2) is 8.42 Å². The van der Waals surface area contributed by atoms with Crippen LogP contribution in [0.1, 0.15) is 37.3 Å². The second-order valence-electron chi connectivity index (χ2n) is 6.92. The highest BCUT2D eigenvalue weighted by Gasteiger charge is 2.23. The van der Waals surface area contributed by atoms with Crippen LogP contribution in [0.4, 0.5) is 5.69 Å². The highest BCUT2D eigenvalue weighted by molar-refractivity contribution is 7.92. The Morgan fingerprint density at radius 1 is 1.04 bits per heavy atom. The van der Waals surface area contributed by atoms with Crippen molar-refractivity contribution < 1.29 is 13.2 Å². The zero-order valence-corrected chi connectivity index (χ0v) is 17.0. The van der Waals surface area contributed by atoms with Crippen LogP contribution in [0.5, 0.6) is 0 Å². The summed E-state index contributed by atoms with van der Waals surface area (Å²) in [5.41, 5.74) is 2.68. The van der Waals surface area contributed by atoms with Gasteiger partial charge < -0.3 is 5.32 Å². The average molecular weight is 389 g/mol. The molecular formula is C21H28N2O3S. The van der Waals surface area contributed by atoms with E-state index < -0.39 is 10.0 Å². The Labute approximate surface area is 162 Å². The van der Waals surface area contributed by atoms with Gasteiger partial charge >= 0.3 is 0 Å². The average Bonchev–Trinajstić information content (AvgIpc) is 2.63. The summed E-state index contributed by atoms with van der Waals surface area (Å²) in [6.07, 6.45) is 2.80. The Morgan fingerprint density at radius 2 is 1.67 bits per heavy atom. The summed E-state index contributed by atoms with van der Waals surface area (Å²) < 4.78 is 25.8. The third kappa shape index (κ3) is 6.40. The van der Waals surface area contributed by atoms with Crippen LogP contribution in [0.15, 0.2) is 54.6 Å². The maximum Gasteiger partial charge on any atom is 0.240 e. The fraction of sp³-hybridized carbons (Fsp3) is 0.381. The molecule has 0 aromatic heterocycles. The highest BCUT2D eigenvalue weighted by Crippen LogP contribution is 2.28. The zero-order valence-electron chi connectivity index (χ0n) is 16.2. The van der Waals surface area contributed by atoms with Crippen molar-refractivity contribution in [3.05, 3.63) is 65.7 Å². The minimum Gasteiger partial charge on any atom is -0.355 e. The molecule has 2 rings (SSSR count). The van der Waals surface area contributed by atoms with Crippen molar-refractivity contribution in [1.29, 1.82) is 0 Å². The lowest BCUT2D eigenvalue weighted by molar-refractivity contribution is -0.119. The number of aryl methyl sites for hydroxylation is 1. The topological polar surface area (TPSA) is 66.5 Å². The van der Waals surface area contributed by atoms with Gasteiger partial charge in [0, 0.05) is 6.54 Å². The Hall–Kier alpha value is -2.34. The molecule has 0 atom stereocenters. The molecule has 0 aliphatic heterocycles. The number of nitrogens with zero attached hydrogens (tertiary/aromatic N) is 1. The molecule has 5 nitrogen and oxygen atoms in total. The van der Waals surface area contributed by atoms with E-state index in [1.807, 2.05) is 44.2 Å². The smallest absolute Gasteiger partial charge is 0.240 e. The molecule has 0 aliphatic carbocycles. The highest BCUT2D eigenvalue weighted by atomic mass is 32.2. The van der Waals surface area contributed by atoms with Gasteiger partial charge in [-0.15, -0.1) is 0 Å². The minimum absolute atomic E-state index is 0.152. The fourth-order valence-corrected chi connectivity index (χ4v) is 3.81. The van der Waals surface area contributed by atoms with Gasteiger partial charge in [0.25, 0.3) is 0 Å². The molecule has 6 heteroatoms. The standard InChI is InChI=1S/C21H28N2O3S/c1-17(2)19-13-7-8-14-20(19)23(27(3,25)26)16-21(24)22-15-9-12-18-10-5-4-6-11-18/h4-8,10-11,13-14,17H,9,12,15-16H2,1-3H3,(H,22,24). The van der Waals surface area contributed by atoms with Crippen molar-refractivity contribution >= 4 is 21.6 Å². The number of amides is 1. The summed E-state index contributed by atoms with van der Waals surface area (Å²) >= 11 is 0. The molecule has 0 saturated heterocycles. The van der Waals surface area contributed by atoms with Gasteiger partial charge in [0.1, 0.15) is 6.54 Å². The first-order valence-corrected chi connectivity index (χ1v) is 11.0. The van der Waals surface area contributed by atoms with E-state index in [9.17, 15) is 13.2 Å². The normalized spacial score (nSPS) is 11.4. The lowest BCUT2D eigenvalue weighted by Gasteiger charge is -2.25. The quantitative estimate of drug-likeness (QED) is 0.670. The minimum atomic E-state index is -3.57. The molecule has 2 aromatic rings. The fourth-order valence-electron chi connectivity index (χ4n) is 2.94. The van der Waals surface area contributed by atoms with Crippen LogP contribution in [0.25, 0.3) is 0 Å². The molecule has 146 valence electrons. The van der Waals surface area contributed by atoms with Crippen molar-refractivity contribution in [2.45, 2.75) is 32.6 Å². The summed E-state index contributed by atoms with van der Waals surface area (Å²) in [6.45, 7) is 4.30. The Bertz CT molecular complexity index is 849. The second kappa shape index (κ2) is 9.55. The second-order valence-corrected chi connectivity index (χ2v) is 8.83. The van der Waals surface area contributed by atoms with E-state index in [0.29, 0.717) is 12.2 Å². The summed E-state index contributed by atoms with van der Waals surface area (Å²) in [4.78, 5) is 12.3. The van der Waals surface area contributed by atoms with Crippen molar-refractivity contribution in [2.75, 3.05) is 23.7 Å². The Morgan fingerprint density at radius 3 is 2.30 bits per heavy atom. The SMILES string of the molecule is CC(C)c1ccccc1N(CC(=O)NCCCc1ccccc1)S(C)(=O)=O. The van der Waals surface area contributed by atoms with Gasteiger partial charge in [-0.3, -0.25) is 9.10 Å². The number of rotatable bonds is 9. The van der Waals surface area contributed by atoms with Crippen LogP contribution in [0, 0.1) is 0 Å². The Balaban J connectivity index is 1.99. The molecule has 0 unspecified atom stereocenters. The van der Waals surface area contributed by atoms with Crippen LogP contribution >= 0.6 is 0 Å². The van der Waals surface area contributed by atoms with E-state index in [0.717, 1.165) is 24.7 Å². The monoisotopic (exact) mass is 388 g/mol. The van der Waals surface area contributed by atoms with E-state index in [1.54, 1.807) is 12.1 Å². The number of carbonyl (C=O) groups excluding carboxylic acids is 1. The van der Waals surface area contributed by atoms with Gasteiger partial charge in [0.15, 0.2) is 0 Å². The number of nitrogens with one attached hydrogen (secondary N) is 1. The molecule has 1 N–H and O–H groups in total. The lowest BCUT2D eigenvalue weighted by atomic mass is 10.0. The third-order valence-electron chi connectivity index (χ3n) is 4.32. The van der Waals surface area contributed by atoms with E-state index in [1.165, 1.54) is 9.87 Å². The van der Waals surface area contributed by atoms with E-state index >= 15 is 0 Å². The molecule has 0 radical (unpaired) electrons. The zero-order chi connectivity index (χ0) is 19.9. The number of hydrogen-bond donors (Lipinski definition) is 1. The molecule has 0 heterocycles. The maximum absolute atomic E-state index is 12.3. The first-order valence-electron chi connectivity index (χ1n) is 9.16. The molecule has 0 aliphatic rings. The number of para-hydroxylation sites is 1. The van der Waals surface area contributed by atoms with Crippen molar-refractivity contribution in [3.8, 4) is 0 Å². The lowest BCUT2D eigenvalue weighted by Crippen LogP contribution is -2.41. The number of carbonyl (C=O) groups is 1. The Kier molecular flexibility index (Phi) is 7.42. The number of hydrogen-bond acceptors (Lipinski definition) is 3. The summed E-state index contributed by atoms with van der Waals surface area (Å²) in [7, 11) is -3.57. The molecule has 0 saturated carbocycles. The van der Waals surface area contributed by atoms with Gasteiger partial charge in [-0.1, -0.05) is 62.4 Å². The molecule has 2 aromatic carbocycles. The van der Waals surface area contributed by atoms with Crippen molar-refractivity contribution in [3.63, 3.8) is 0 Å². The summed E-state index contributed by atoms with van der Waals surface area (Å²) in [5, 5.41) is 2.83. The van der Waals surface area contributed by atoms with E-state index in [2.05, 4.69) is 17.4 Å². The van der Waals surface area contributed by atoms with Crippen molar-refractivity contribution in [2.24, 2.45) is 0 Å². The predicted octanol–water partition coefficient (Wildman–Crippen LogP) is 3.33. The van der Waals surface area contributed by atoms with Crippen molar-refractivity contribution in [1.82, 2.24) is 5.32 Å². The van der Waals surface area contributed by atoms with Crippen LogP contribution in [0.2, 0.25) is 0 Å². The molecule has 0 spiro atoms. The molecular weight excluding hydrogens is 360 g/mol. The van der Waals surface area contributed by atoms with Crippen LogP contribution < -0.4 is 9.62 Å². The van der Waals surface area contributed by atoms with Gasteiger partial charge in [-0.2, -0.15) is 0 Å². The molecule has 1 amide bonds. The van der Waals surface area contributed by atoms with E-state index in [4.69, 9.17) is 0 Å². The van der Waals surface area contributed by atoms with Gasteiger partial charge in [0.2, 0.25) is 15.9 Å². The summed E-state index contributed by atoms with van der Waals surface area (Å²) in [5.74, 6) is -0.147. The van der Waals surface area contributed by atoms with Gasteiger partial charge in [0.05, 0.1) is 11.9 Å². The first-order chi connectivity index (χ1) is 12.8. The predicted molar refractivity (Wildman–Crippen MR) is 110 cm³/mol. The van der Waals surface area contributed by atoms with E-state index in [-0.39, 0.29) is 18.4 Å². The molecule has 0 bridgehead atoms.